The fraction of sp³-hybridized carbons (Fsp3) is 0.333. The molecule has 8 nitrogen and oxygen atoms in total. The van der Waals surface area contributed by atoms with Crippen LogP contribution < -0.4 is 15.4 Å². The molecule has 0 aliphatic rings. The maximum absolute atomic E-state index is 12.9. The van der Waals surface area contributed by atoms with E-state index < -0.39 is 0 Å². The zero-order valence-corrected chi connectivity index (χ0v) is 23.2. The van der Waals surface area contributed by atoms with Gasteiger partial charge in [0.15, 0.2) is 11.0 Å². The van der Waals surface area contributed by atoms with Gasteiger partial charge in [-0.2, -0.15) is 11.8 Å². The van der Waals surface area contributed by atoms with Gasteiger partial charge in [-0.25, -0.2) is 0 Å². The van der Waals surface area contributed by atoms with Gasteiger partial charge >= 0.3 is 0 Å². The Balaban J connectivity index is 1.71. The minimum Gasteiger partial charge on any atom is -0.497 e. The number of carbonyl (C=O) groups is 2. The lowest BCUT2D eigenvalue weighted by Gasteiger charge is -2.19. The van der Waals surface area contributed by atoms with Crippen LogP contribution in [0.1, 0.15) is 35.6 Å². The van der Waals surface area contributed by atoms with Gasteiger partial charge < -0.3 is 19.9 Å². The van der Waals surface area contributed by atoms with Crippen molar-refractivity contribution in [1.82, 2.24) is 20.1 Å². The zero-order chi connectivity index (χ0) is 26.1. The number of rotatable bonds is 12. The van der Waals surface area contributed by atoms with Gasteiger partial charge in [-0.1, -0.05) is 35.0 Å². The predicted octanol–water partition coefficient (Wildman–Crippen LogP) is 5.57. The second-order valence-corrected chi connectivity index (χ2v) is 10.4. The number of benzene rings is 2. The maximum atomic E-state index is 12.9. The van der Waals surface area contributed by atoms with E-state index >= 15 is 0 Å². The second-order valence-electron chi connectivity index (χ2n) is 7.58. The van der Waals surface area contributed by atoms with Crippen LogP contribution in [-0.2, 0) is 11.3 Å². The average Bonchev–Trinajstić information content (AvgIpc) is 3.29. The molecular weight excluding hydrogens is 541 g/mol. The first-order valence-electron chi connectivity index (χ1n) is 11.1. The molecule has 1 atom stereocenters. The van der Waals surface area contributed by atoms with Crippen molar-refractivity contribution in [2.45, 2.75) is 31.1 Å². The summed E-state index contributed by atoms with van der Waals surface area (Å²) < 4.78 is 7.09. The first kappa shape index (κ1) is 28.2. The number of ether oxygens (including phenoxy) is 1. The molecule has 0 saturated carbocycles. The fourth-order valence-electron chi connectivity index (χ4n) is 3.35. The largest absolute Gasteiger partial charge is 0.497 e. The summed E-state index contributed by atoms with van der Waals surface area (Å²) in [7, 11) is 1.58. The van der Waals surface area contributed by atoms with Crippen molar-refractivity contribution in [3.63, 3.8) is 0 Å². The summed E-state index contributed by atoms with van der Waals surface area (Å²) in [5.74, 6) is 1.84. The topological polar surface area (TPSA) is 98.1 Å². The van der Waals surface area contributed by atoms with Crippen LogP contribution in [0.15, 0.2) is 47.6 Å². The molecule has 3 aromatic rings. The smallest absolute Gasteiger partial charge is 0.251 e. The molecular formula is C24H27Cl2N5O3S2. The Labute approximate surface area is 228 Å². The predicted molar refractivity (Wildman–Crippen MR) is 148 cm³/mol. The van der Waals surface area contributed by atoms with Gasteiger partial charge in [0.05, 0.1) is 29.6 Å². The number of hydrogen-bond acceptors (Lipinski definition) is 7. The Hall–Kier alpha value is -2.40. The van der Waals surface area contributed by atoms with E-state index in [0.29, 0.717) is 51.0 Å². The highest BCUT2D eigenvalue weighted by Crippen LogP contribution is 2.27. The summed E-state index contributed by atoms with van der Waals surface area (Å²) in [6.45, 7) is 2.56. The van der Waals surface area contributed by atoms with Crippen LogP contribution in [0.4, 0.5) is 5.69 Å². The third-order valence-electron chi connectivity index (χ3n) is 5.18. The van der Waals surface area contributed by atoms with Crippen molar-refractivity contribution < 1.29 is 14.3 Å². The monoisotopic (exact) mass is 567 g/mol. The van der Waals surface area contributed by atoms with Crippen molar-refractivity contribution in [2.24, 2.45) is 0 Å². The Morgan fingerprint density at radius 1 is 1.14 bits per heavy atom. The standard InChI is InChI=1S/C24H27Cl2N5O3S2/c1-4-31-22(20(11-12-35-3)28-23(33)15-5-8-17(34-2)9-6-15)29-30-24(31)36-14-21(32)27-19-10-7-16(25)13-18(19)26/h5-10,13,20H,4,11-12,14H2,1-3H3,(H,27,32)(H,28,33)/t20-/m1/s1. The van der Waals surface area contributed by atoms with E-state index in [2.05, 4.69) is 20.8 Å². The molecule has 36 heavy (non-hydrogen) atoms. The first-order valence-corrected chi connectivity index (χ1v) is 14.2. The van der Waals surface area contributed by atoms with Gasteiger partial charge in [-0.05, 0) is 67.8 Å². The fourth-order valence-corrected chi connectivity index (χ4v) is 5.09. The van der Waals surface area contributed by atoms with E-state index in [1.807, 2.05) is 17.7 Å². The molecule has 0 fully saturated rings. The Bertz CT molecular complexity index is 1190. The van der Waals surface area contributed by atoms with E-state index in [-0.39, 0.29) is 23.6 Å². The quantitative estimate of drug-likeness (QED) is 0.276. The molecule has 0 spiro atoms. The Kier molecular flexibility index (Phi) is 10.8. The lowest BCUT2D eigenvalue weighted by molar-refractivity contribution is -0.113. The van der Waals surface area contributed by atoms with E-state index in [9.17, 15) is 9.59 Å². The number of thioether (sulfide) groups is 2. The van der Waals surface area contributed by atoms with Crippen molar-refractivity contribution >= 4 is 64.2 Å². The van der Waals surface area contributed by atoms with Crippen LogP contribution in [0, 0.1) is 0 Å². The van der Waals surface area contributed by atoms with E-state index in [4.69, 9.17) is 27.9 Å². The van der Waals surface area contributed by atoms with Crippen molar-refractivity contribution in [3.05, 3.63) is 63.9 Å². The molecule has 12 heteroatoms. The molecule has 0 radical (unpaired) electrons. The van der Waals surface area contributed by atoms with Crippen molar-refractivity contribution in [3.8, 4) is 5.75 Å². The third-order valence-corrected chi connectivity index (χ3v) is 7.34. The number of halogens is 2. The van der Waals surface area contributed by atoms with E-state index in [0.717, 1.165) is 5.75 Å². The van der Waals surface area contributed by atoms with Gasteiger partial charge in [-0.15, -0.1) is 10.2 Å². The normalized spacial score (nSPS) is 11.7. The molecule has 1 heterocycles. The zero-order valence-electron chi connectivity index (χ0n) is 20.1. The number of nitrogens with one attached hydrogen (secondary N) is 2. The van der Waals surface area contributed by atoms with E-state index in [1.54, 1.807) is 61.3 Å². The van der Waals surface area contributed by atoms with Crippen molar-refractivity contribution in [1.29, 1.82) is 0 Å². The van der Waals surface area contributed by atoms with Crippen LogP contribution in [0.3, 0.4) is 0 Å². The number of anilines is 1. The molecule has 2 N–H and O–H groups in total. The van der Waals surface area contributed by atoms with Crippen LogP contribution in [0.25, 0.3) is 0 Å². The number of carbonyl (C=O) groups excluding carboxylic acids is 2. The lowest BCUT2D eigenvalue weighted by Crippen LogP contribution is -2.31. The minimum absolute atomic E-state index is 0.116. The highest BCUT2D eigenvalue weighted by Gasteiger charge is 2.23. The van der Waals surface area contributed by atoms with Gasteiger partial charge in [0.2, 0.25) is 5.91 Å². The molecule has 3 rings (SSSR count). The van der Waals surface area contributed by atoms with E-state index in [1.165, 1.54) is 11.8 Å². The first-order chi connectivity index (χ1) is 17.4. The molecule has 2 aromatic carbocycles. The van der Waals surface area contributed by atoms with Crippen LogP contribution in [0.2, 0.25) is 10.0 Å². The highest BCUT2D eigenvalue weighted by atomic mass is 35.5. The molecule has 1 aromatic heterocycles. The third kappa shape index (κ3) is 7.55. The van der Waals surface area contributed by atoms with Gasteiger partial charge in [-0.3, -0.25) is 9.59 Å². The minimum atomic E-state index is -0.337. The number of hydrogen-bond donors (Lipinski definition) is 2. The van der Waals surface area contributed by atoms with Gasteiger partial charge in [0.25, 0.3) is 5.91 Å². The maximum Gasteiger partial charge on any atom is 0.251 e. The molecule has 192 valence electrons. The SMILES string of the molecule is CCn1c(SCC(=O)Nc2ccc(Cl)cc2Cl)nnc1[C@@H](CCSC)NC(=O)c1ccc(OC)cc1. The van der Waals surface area contributed by atoms with Gasteiger partial charge in [0.1, 0.15) is 5.75 Å². The molecule has 0 aliphatic heterocycles. The summed E-state index contributed by atoms with van der Waals surface area (Å²) in [5.41, 5.74) is 1.02. The van der Waals surface area contributed by atoms with Crippen LogP contribution >= 0.6 is 46.7 Å². The number of methoxy groups -OCH3 is 1. The second kappa shape index (κ2) is 13.8. The summed E-state index contributed by atoms with van der Waals surface area (Å²) in [6.07, 6.45) is 2.70. The number of aromatic nitrogens is 3. The number of nitrogens with zero attached hydrogens (tertiary/aromatic N) is 3. The summed E-state index contributed by atoms with van der Waals surface area (Å²) in [6, 6.07) is 11.5. The molecule has 2 amide bonds. The van der Waals surface area contributed by atoms with Crippen LogP contribution in [-0.4, -0.2) is 51.5 Å². The Morgan fingerprint density at radius 3 is 2.53 bits per heavy atom. The van der Waals surface area contributed by atoms with Crippen molar-refractivity contribution in [2.75, 3.05) is 30.2 Å². The summed E-state index contributed by atoms with van der Waals surface area (Å²) in [4.78, 5) is 25.4. The van der Waals surface area contributed by atoms with Crippen LogP contribution in [0.5, 0.6) is 5.75 Å². The molecule has 0 aliphatic carbocycles. The Morgan fingerprint density at radius 2 is 1.89 bits per heavy atom. The molecule has 0 saturated heterocycles. The summed E-state index contributed by atoms with van der Waals surface area (Å²) in [5, 5.41) is 16.0. The number of amides is 2. The van der Waals surface area contributed by atoms with Gasteiger partial charge in [0, 0.05) is 17.1 Å². The summed E-state index contributed by atoms with van der Waals surface area (Å²) >= 11 is 15.0. The average molecular weight is 569 g/mol. The molecule has 0 unspecified atom stereocenters. The lowest BCUT2D eigenvalue weighted by atomic mass is 10.1. The molecule has 0 bridgehead atoms. The highest BCUT2D eigenvalue weighted by molar-refractivity contribution is 7.99.